The highest BCUT2D eigenvalue weighted by atomic mass is 32.2. The first-order valence-corrected chi connectivity index (χ1v) is 13.0. The molecule has 0 spiro atoms. The number of hydrogen-bond acceptors (Lipinski definition) is 8. The summed E-state index contributed by atoms with van der Waals surface area (Å²) in [5.74, 6) is -0.420. The molecule has 9 nitrogen and oxygen atoms in total. The van der Waals surface area contributed by atoms with Gasteiger partial charge >= 0.3 is 0 Å². The first kappa shape index (κ1) is 22.5. The number of thiazole rings is 1. The third-order valence-electron chi connectivity index (χ3n) is 5.41. The molecule has 0 bridgehead atoms. The number of amides is 1. The molecule has 1 N–H and O–H groups in total. The summed E-state index contributed by atoms with van der Waals surface area (Å²) in [5.41, 5.74) is 0.841. The lowest BCUT2D eigenvalue weighted by molar-refractivity contribution is -0.384. The summed E-state index contributed by atoms with van der Waals surface area (Å²) in [5, 5.41) is 17.0. The van der Waals surface area contributed by atoms with Crippen molar-refractivity contribution in [2.75, 3.05) is 12.4 Å². The quantitative estimate of drug-likeness (QED) is 0.380. The van der Waals surface area contributed by atoms with Crippen LogP contribution in [0.5, 0.6) is 0 Å². The molecule has 1 aliphatic carbocycles. The molecule has 4 rings (SSSR count). The third-order valence-corrected chi connectivity index (χ3v) is 9.03. The number of carbonyl (C=O) groups is 1. The Labute approximate surface area is 192 Å². The Morgan fingerprint density at radius 2 is 1.88 bits per heavy atom. The molecular weight excluding hydrogens is 472 g/mol. The lowest BCUT2D eigenvalue weighted by Gasteiger charge is -2.23. The Hall–Kier alpha value is -2.67. The topological polar surface area (TPSA) is 123 Å². The SMILES string of the molecule is CN(C1CCCC1)S(=O)(=O)c1ccc(C(=O)Nc2nc(-c3cc([N+](=O)[O-])cs3)cs2)cc1. The third kappa shape index (κ3) is 4.58. The minimum absolute atomic E-state index is 0.00259. The number of sulfonamides is 1. The number of benzene rings is 1. The molecule has 1 aliphatic rings. The van der Waals surface area contributed by atoms with Gasteiger partial charge in [0.25, 0.3) is 11.6 Å². The number of aromatic nitrogens is 1. The highest BCUT2D eigenvalue weighted by Gasteiger charge is 2.30. The largest absolute Gasteiger partial charge is 0.298 e. The molecule has 0 aliphatic heterocycles. The van der Waals surface area contributed by atoms with Crippen molar-refractivity contribution < 1.29 is 18.1 Å². The van der Waals surface area contributed by atoms with Crippen molar-refractivity contribution in [1.29, 1.82) is 0 Å². The van der Waals surface area contributed by atoms with Crippen molar-refractivity contribution in [2.24, 2.45) is 0 Å². The van der Waals surface area contributed by atoms with E-state index in [0.29, 0.717) is 21.3 Å². The zero-order chi connectivity index (χ0) is 22.9. The molecule has 32 heavy (non-hydrogen) atoms. The van der Waals surface area contributed by atoms with E-state index in [4.69, 9.17) is 0 Å². The van der Waals surface area contributed by atoms with E-state index in [2.05, 4.69) is 10.3 Å². The zero-order valence-electron chi connectivity index (χ0n) is 17.1. The van der Waals surface area contributed by atoms with Gasteiger partial charge in [0.05, 0.1) is 25.8 Å². The predicted molar refractivity (Wildman–Crippen MR) is 124 cm³/mol. The fraction of sp³-hybridized carbons (Fsp3) is 0.300. The van der Waals surface area contributed by atoms with Crippen LogP contribution in [-0.2, 0) is 10.0 Å². The molecule has 0 saturated heterocycles. The van der Waals surface area contributed by atoms with Gasteiger partial charge in [0, 0.05) is 30.1 Å². The molecule has 0 atom stereocenters. The second kappa shape index (κ2) is 9.06. The Kier molecular flexibility index (Phi) is 6.38. The maximum atomic E-state index is 12.8. The monoisotopic (exact) mass is 492 g/mol. The summed E-state index contributed by atoms with van der Waals surface area (Å²) in [7, 11) is -2.01. The molecule has 168 valence electrons. The minimum Gasteiger partial charge on any atom is -0.298 e. The van der Waals surface area contributed by atoms with Gasteiger partial charge in [-0.1, -0.05) is 12.8 Å². The second-order valence-corrected chi connectivity index (χ2v) is 11.2. The standard InChI is InChI=1S/C20H20N4O5S3/c1-23(14-4-2-3-5-14)32(28,29)16-8-6-13(7-9-16)19(25)22-20-21-17(12-31-20)18-10-15(11-30-18)24(26)27/h6-12,14H,2-5H2,1H3,(H,21,22,25). The summed E-state index contributed by atoms with van der Waals surface area (Å²) in [6.07, 6.45) is 3.80. The Morgan fingerprint density at radius 3 is 2.50 bits per heavy atom. The van der Waals surface area contributed by atoms with E-state index in [1.54, 1.807) is 12.4 Å². The molecule has 1 fully saturated rings. The molecule has 3 aromatic rings. The lowest BCUT2D eigenvalue weighted by Crippen LogP contribution is -2.35. The van der Waals surface area contributed by atoms with Crippen LogP contribution < -0.4 is 5.32 Å². The average molecular weight is 493 g/mol. The van der Waals surface area contributed by atoms with Crippen molar-refractivity contribution in [2.45, 2.75) is 36.6 Å². The molecule has 0 radical (unpaired) electrons. The van der Waals surface area contributed by atoms with Crippen LogP contribution in [0.25, 0.3) is 10.6 Å². The second-order valence-electron chi connectivity index (χ2n) is 7.40. The average Bonchev–Trinajstić information content (AvgIpc) is 3.54. The van der Waals surface area contributed by atoms with E-state index >= 15 is 0 Å². The number of nitro groups is 1. The van der Waals surface area contributed by atoms with Crippen molar-refractivity contribution in [3.05, 3.63) is 56.8 Å². The highest BCUT2D eigenvalue weighted by molar-refractivity contribution is 7.89. The van der Waals surface area contributed by atoms with E-state index in [0.717, 1.165) is 25.7 Å². The van der Waals surface area contributed by atoms with Crippen molar-refractivity contribution in [3.8, 4) is 10.6 Å². The molecular formula is C20H20N4O5S3. The minimum atomic E-state index is -3.61. The summed E-state index contributed by atoms with van der Waals surface area (Å²) >= 11 is 2.41. The Balaban J connectivity index is 1.44. The summed E-state index contributed by atoms with van der Waals surface area (Å²) in [4.78, 5) is 28.0. The van der Waals surface area contributed by atoms with E-state index < -0.39 is 20.9 Å². The van der Waals surface area contributed by atoms with Gasteiger partial charge in [-0.25, -0.2) is 13.4 Å². The number of thiophene rings is 1. The summed E-state index contributed by atoms with van der Waals surface area (Å²) in [6, 6.07) is 7.28. The normalized spacial score (nSPS) is 14.7. The van der Waals surface area contributed by atoms with Crippen LogP contribution in [0.15, 0.2) is 46.0 Å². The molecule has 2 aromatic heterocycles. The Bertz CT molecular complexity index is 1240. The van der Waals surface area contributed by atoms with Gasteiger partial charge in [0.1, 0.15) is 0 Å². The number of carbonyl (C=O) groups excluding carboxylic acids is 1. The molecule has 1 saturated carbocycles. The zero-order valence-corrected chi connectivity index (χ0v) is 19.5. The first-order valence-electron chi connectivity index (χ1n) is 9.84. The van der Waals surface area contributed by atoms with E-state index in [1.165, 1.54) is 62.7 Å². The van der Waals surface area contributed by atoms with Gasteiger partial charge < -0.3 is 0 Å². The van der Waals surface area contributed by atoms with Crippen molar-refractivity contribution in [1.82, 2.24) is 9.29 Å². The number of rotatable bonds is 7. The van der Waals surface area contributed by atoms with Gasteiger partial charge in [-0.15, -0.1) is 22.7 Å². The van der Waals surface area contributed by atoms with Crippen LogP contribution in [0.3, 0.4) is 0 Å². The predicted octanol–water partition coefficient (Wildman–Crippen LogP) is 4.60. The summed E-state index contributed by atoms with van der Waals surface area (Å²) < 4.78 is 27.1. The number of nitrogens with zero attached hydrogens (tertiary/aromatic N) is 3. The van der Waals surface area contributed by atoms with E-state index in [-0.39, 0.29) is 16.6 Å². The van der Waals surface area contributed by atoms with Gasteiger partial charge in [-0.2, -0.15) is 4.31 Å². The number of hydrogen-bond donors (Lipinski definition) is 1. The van der Waals surface area contributed by atoms with Crippen LogP contribution in [-0.4, -0.2) is 41.6 Å². The van der Waals surface area contributed by atoms with Crippen LogP contribution in [0.1, 0.15) is 36.0 Å². The van der Waals surface area contributed by atoms with Crippen molar-refractivity contribution >= 4 is 49.4 Å². The smallest absolute Gasteiger partial charge is 0.280 e. The van der Waals surface area contributed by atoms with Crippen LogP contribution in [0.2, 0.25) is 0 Å². The summed E-state index contributed by atoms with van der Waals surface area (Å²) in [6.45, 7) is 0. The molecule has 1 aromatic carbocycles. The fourth-order valence-corrected chi connectivity index (χ4v) is 6.59. The highest BCUT2D eigenvalue weighted by Crippen LogP contribution is 2.33. The van der Waals surface area contributed by atoms with Crippen molar-refractivity contribution in [3.63, 3.8) is 0 Å². The van der Waals surface area contributed by atoms with Crippen LogP contribution in [0, 0.1) is 10.1 Å². The maximum absolute atomic E-state index is 12.8. The van der Waals surface area contributed by atoms with Gasteiger partial charge in [-0.05, 0) is 37.1 Å². The van der Waals surface area contributed by atoms with Crippen LogP contribution >= 0.6 is 22.7 Å². The number of nitrogens with one attached hydrogen (secondary N) is 1. The number of anilines is 1. The molecule has 2 heterocycles. The molecule has 0 unspecified atom stereocenters. The fourth-order valence-electron chi connectivity index (χ4n) is 3.58. The van der Waals surface area contributed by atoms with Crippen LogP contribution in [0.4, 0.5) is 10.8 Å². The van der Waals surface area contributed by atoms with Gasteiger partial charge in [0.15, 0.2) is 5.13 Å². The van der Waals surface area contributed by atoms with Gasteiger partial charge in [0.2, 0.25) is 10.0 Å². The maximum Gasteiger partial charge on any atom is 0.280 e. The Morgan fingerprint density at radius 1 is 1.19 bits per heavy atom. The first-order chi connectivity index (χ1) is 15.3. The molecule has 12 heteroatoms. The lowest BCUT2D eigenvalue weighted by atomic mass is 10.2. The van der Waals surface area contributed by atoms with E-state index in [9.17, 15) is 23.3 Å². The van der Waals surface area contributed by atoms with Gasteiger partial charge in [-0.3, -0.25) is 20.2 Å². The molecule has 1 amide bonds. The van der Waals surface area contributed by atoms with E-state index in [1.807, 2.05) is 0 Å².